The van der Waals surface area contributed by atoms with Gasteiger partial charge < -0.3 is 14.2 Å². The first-order valence-corrected chi connectivity index (χ1v) is 26.7. The van der Waals surface area contributed by atoms with Crippen molar-refractivity contribution in [2.45, 2.75) is 298 Å². The standard InChI is InChI=1S/C54H104O6/c1-7-49(5)41-35-29-23-17-13-11-9-10-12-14-19-25-31-37-43-52(55)58-46-51(47-59-53(56)44-38-32-27-21-22-28-34-40-48(3)4)60-54(57)45-39-33-26-20-16-15-18-24-30-36-42-50(6)8-2/h48-51H,7-47H2,1-6H3/t49?,50?,51-/m0/s1. The lowest BCUT2D eigenvalue weighted by Crippen LogP contribution is -2.30. The second-order valence-corrected chi connectivity index (χ2v) is 19.5. The molecule has 0 amide bonds. The zero-order valence-electron chi connectivity index (χ0n) is 41.3. The van der Waals surface area contributed by atoms with Crippen molar-refractivity contribution in [1.29, 1.82) is 0 Å². The highest BCUT2D eigenvalue weighted by Gasteiger charge is 2.19. The molecule has 0 bridgehead atoms. The van der Waals surface area contributed by atoms with Crippen LogP contribution in [0.4, 0.5) is 0 Å². The molecule has 356 valence electrons. The van der Waals surface area contributed by atoms with Gasteiger partial charge in [0.15, 0.2) is 6.10 Å². The molecule has 0 aromatic rings. The number of hydrogen-bond acceptors (Lipinski definition) is 6. The zero-order chi connectivity index (χ0) is 44.2. The summed E-state index contributed by atoms with van der Waals surface area (Å²) < 4.78 is 16.8. The summed E-state index contributed by atoms with van der Waals surface area (Å²) in [6.45, 7) is 13.7. The highest BCUT2D eigenvalue weighted by molar-refractivity contribution is 5.71. The first-order chi connectivity index (χ1) is 29.2. The van der Waals surface area contributed by atoms with Crippen molar-refractivity contribution < 1.29 is 28.6 Å². The minimum absolute atomic E-state index is 0.0650. The van der Waals surface area contributed by atoms with E-state index >= 15 is 0 Å². The van der Waals surface area contributed by atoms with E-state index in [1.807, 2.05) is 0 Å². The molecule has 0 heterocycles. The summed E-state index contributed by atoms with van der Waals surface area (Å²) in [5.74, 6) is 1.69. The average molecular weight is 849 g/mol. The summed E-state index contributed by atoms with van der Waals surface area (Å²) in [5.41, 5.74) is 0. The Kier molecular flexibility index (Phi) is 44.2. The van der Waals surface area contributed by atoms with Crippen LogP contribution in [0.25, 0.3) is 0 Å². The molecule has 0 aromatic carbocycles. The second-order valence-electron chi connectivity index (χ2n) is 19.5. The molecule has 60 heavy (non-hydrogen) atoms. The van der Waals surface area contributed by atoms with Gasteiger partial charge in [0.1, 0.15) is 13.2 Å². The smallest absolute Gasteiger partial charge is 0.306 e. The molecule has 0 aliphatic carbocycles. The number of ether oxygens (including phenoxy) is 3. The van der Waals surface area contributed by atoms with Crippen molar-refractivity contribution in [3.63, 3.8) is 0 Å². The molecular weight excluding hydrogens is 745 g/mol. The van der Waals surface area contributed by atoms with E-state index in [4.69, 9.17) is 14.2 Å². The molecule has 6 heteroatoms. The van der Waals surface area contributed by atoms with Crippen molar-refractivity contribution in [1.82, 2.24) is 0 Å². The van der Waals surface area contributed by atoms with Crippen LogP contribution in [0.5, 0.6) is 0 Å². The lowest BCUT2D eigenvalue weighted by molar-refractivity contribution is -0.167. The Morgan fingerprint density at radius 2 is 0.583 bits per heavy atom. The van der Waals surface area contributed by atoms with Crippen LogP contribution in [-0.4, -0.2) is 37.2 Å². The summed E-state index contributed by atoms with van der Waals surface area (Å²) in [7, 11) is 0. The van der Waals surface area contributed by atoms with E-state index in [2.05, 4.69) is 41.5 Å². The monoisotopic (exact) mass is 849 g/mol. The van der Waals surface area contributed by atoms with E-state index in [0.717, 1.165) is 75.5 Å². The number of unbranched alkanes of at least 4 members (excludes halogenated alkanes) is 28. The number of esters is 3. The van der Waals surface area contributed by atoms with Gasteiger partial charge in [0.05, 0.1) is 0 Å². The molecule has 0 saturated heterocycles. The minimum atomic E-state index is -0.763. The van der Waals surface area contributed by atoms with Crippen LogP contribution in [0.1, 0.15) is 292 Å². The van der Waals surface area contributed by atoms with Crippen molar-refractivity contribution in [3.05, 3.63) is 0 Å². The molecule has 0 N–H and O–H groups in total. The van der Waals surface area contributed by atoms with Gasteiger partial charge in [-0.3, -0.25) is 14.4 Å². The lowest BCUT2D eigenvalue weighted by atomic mass is 9.99. The maximum atomic E-state index is 12.8. The summed E-state index contributed by atoms with van der Waals surface area (Å²) in [6.07, 6.45) is 45.1. The predicted octanol–water partition coefficient (Wildman–Crippen LogP) is 17.2. The fourth-order valence-corrected chi connectivity index (χ4v) is 8.05. The van der Waals surface area contributed by atoms with E-state index in [1.165, 1.54) is 173 Å². The van der Waals surface area contributed by atoms with Crippen LogP contribution in [0.2, 0.25) is 0 Å². The fourth-order valence-electron chi connectivity index (χ4n) is 8.05. The van der Waals surface area contributed by atoms with Gasteiger partial charge in [0, 0.05) is 19.3 Å². The number of rotatable bonds is 47. The lowest BCUT2D eigenvalue weighted by Gasteiger charge is -2.18. The van der Waals surface area contributed by atoms with Gasteiger partial charge >= 0.3 is 17.9 Å². The maximum Gasteiger partial charge on any atom is 0.306 e. The molecule has 0 aromatic heterocycles. The molecule has 0 spiro atoms. The average Bonchev–Trinajstić information content (AvgIpc) is 3.23. The van der Waals surface area contributed by atoms with E-state index < -0.39 is 6.10 Å². The first-order valence-electron chi connectivity index (χ1n) is 26.7. The summed E-state index contributed by atoms with van der Waals surface area (Å²) >= 11 is 0. The van der Waals surface area contributed by atoms with Gasteiger partial charge in [-0.25, -0.2) is 0 Å². The van der Waals surface area contributed by atoms with Crippen LogP contribution >= 0.6 is 0 Å². The van der Waals surface area contributed by atoms with E-state index in [-0.39, 0.29) is 31.1 Å². The Hall–Kier alpha value is -1.59. The maximum absolute atomic E-state index is 12.8. The Labute approximate surface area is 374 Å². The van der Waals surface area contributed by atoms with Gasteiger partial charge in [-0.1, -0.05) is 253 Å². The van der Waals surface area contributed by atoms with Gasteiger partial charge in [-0.15, -0.1) is 0 Å². The Bertz CT molecular complexity index is 933. The normalized spacial score (nSPS) is 13.1. The topological polar surface area (TPSA) is 78.9 Å². The fraction of sp³-hybridized carbons (Fsp3) is 0.944. The molecule has 6 nitrogen and oxygen atoms in total. The van der Waals surface area contributed by atoms with E-state index in [1.54, 1.807) is 0 Å². The first kappa shape index (κ1) is 58.4. The Morgan fingerprint density at radius 1 is 0.333 bits per heavy atom. The predicted molar refractivity (Wildman–Crippen MR) is 256 cm³/mol. The molecule has 0 rings (SSSR count). The van der Waals surface area contributed by atoms with Gasteiger partial charge in [0.2, 0.25) is 0 Å². The highest BCUT2D eigenvalue weighted by Crippen LogP contribution is 2.18. The third kappa shape index (κ3) is 44.5. The molecule has 3 atom stereocenters. The minimum Gasteiger partial charge on any atom is -0.462 e. The number of carbonyl (C=O) groups is 3. The van der Waals surface area contributed by atoms with E-state index in [0.29, 0.717) is 19.3 Å². The zero-order valence-corrected chi connectivity index (χ0v) is 41.3. The van der Waals surface area contributed by atoms with Crippen LogP contribution in [0, 0.1) is 17.8 Å². The van der Waals surface area contributed by atoms with Crippen molar-refractivity contribution >= 4 is 17.9 Å². The van der Waals surface area contributed by atoms with Crippen molar-refractivity contribution in [3.8, 4) is 0 Å². The Morgan fingerprint density at radius 3 is 0.867 bits per heavy atom. The SMILES string of the molecule is CCC(C)CCCCCCCCCCCCCCCCC(=O)OC[C@@H](COC(=O)CCCCCCCCCC(C)C)OC(=O)CCCCCCCCCCCCC(C)CC. The van der Waals surface area contributed by atoms with E-state index in [9.17, 15) is 14.4 Å². The molecule has 0 radical (unpaired) electrons. The summed E-state index contributed by atoms with van der Waals surface area (Å²) in [4.78, 5) is 37.9. The molecule has 2 unspecified atom stereocenters. The third-order valence-electron chi connectivity index (χ3n) is 12.9. The van der Waals surface area contributed by atoms with Gasteiger partial charge in [-0.2, -0.15) is 0 Å². The van der Waals surface area contributed by atoms with Crippen molar-refractivity contribution in [2.75, 3.05) is 13.2 Å². The van der Waals surface area contributed by atoms with Crippen LogP contribution in [0.3, 0.4) is 0 Å². The molecule has 0 saturated carbocycles. The van der Waals surface area contributed by atoms with Gasteiger partial charge in [-0.05, 0) is 37.0 Å². The van der Waals surface area contributed by atoms with Gasteiger partial charge in [0.25, 0.3) is 0 Å². The highest BCUT2D eigenvalue weighted by atomic mass is 16.6. The largest absolute Gasteiger partial charge is 0.462 e. The second kappa shape index (κ2) is 45.4. The third-order valence-corrected chi connectivity index (χ3v) is 12.9. The molecular formula is C54H104O6. The molecule has 0 aliphatic heterocycles. The Balaban J connectivity index is 4.28. The van der Waals surface area contributed by atoms with Crippen LogP contribution < -0.4 is 0 Å². The summed E-state index contributed by atoms with van der Waals surface area (Å²) in [5, 5.41) is 0. The summed E-state index contributed by atoms with van der Waals surface area (Å²) in [6, 6.07) is 0. The van der Waals surface area contributed by atoms with Crippen LogP contribution in [-0.2, 0) is 28.6 Å². The number of hydrogen-bond donors (Lipinski definition) is 0. The van der Waals surface area contributed by atoms with Crippen molar-refractivity contribution in [2.24, 2.45) is 17.8 Å². The molecule has 0 fully saturated rings. The number of carbonyl (C=O) groups excluding carboxylic acids is 3. The van der Waals surface area contributed by atoms with Crippen LogP contribution in [0.15, 0.2) is 0 Å². The quantitative estimate of drug-likeness (QED) is 0.0345. The molecule has 0 aliphatic rings.